The Bertz CT molecular complexity index is 896. The number of hydrogen-bond donors (Lipinski definition) is 2. The number of aromatic nitrogens is 2. The van der Waals surface area contributed by atoms with Gasteiger partial charge < -0.3 is 9.84 Å². The summed E-state index contributed by atoms with van der Waals surface area (Å²) in [7, 11) is 0. The largest absolute Gasteiger partial charge is 0.359 e. The van der Waals surface area contributed by atoms with Gasteiger partial charge in [-0.3, -0.25) is 10.3 Å². The van der Waals surface area contributed by atoms with Gasteiger partial charge in [0, 0.05) is 29.6 Å². The maximum absolute atomic E-state index is 12.1. The van der Waals surface area contributed by atoms with Crippen molar-refractivity contribution in [2.75, 3.05) is 10.6 Å². The maximum Gasteiger partial charge on any atom is 0.324 e. The molecule has 3 rings (SSSR count). The first-order valence-corrected chi connectivity index (χ1v) is 9.43. The summed E-state index contributed by atoms with van der Waals surface area (Å²) in [6.07, 6.45) is 6.73. The molecule has 0 spiro atoms. The summed E-state index contributed by atoms with van der Waals surface area (Å²) in [5.74, 6) is 1.12. The molecule has 0 aliphatic carbocycles. The molecule has 0 aliphatic heterocycles. The minimum atomic E-state index is -0.348. The fraction of sp³-hybridized carbons (Fsp3) is 0.318. The first-order chi connectivity index (χ1) is 13.4. The summed E-state index contributed by atoms with van der Waals surface area (Å²) in [4.78, 5) is 16.2. The predicted molar refractivity (Wildman–Crippen MR) is 111 cm³/mol. The second-order valence-electron chi connectivity index (χ2n) is 7.81. The Kier molecular flexibility index (Phi) is 6.09. The topological polar surface area (TPSA) is 80.0 Å². The van der Waals surface area contributed by atoms with Crippen molar-refractivity contribution >= 4 is 17.5 Å². The van der Waals surface area contributed by atoms with Gasteiger partial charge in [0.1, 0.15) is 5.76 Å². The van der Waals surface area contributed by atoms with Crippen LogP contribution in [0.1, 0.15) is 44.1 Å². The molecule has 1 aromatic carbocycles. The van der Waals surface area contributed by atoms with Gasteiger partial charge in [0.05, 0.1) is 0 Å². The molecule has 6 heteroatoms. The zero-order valence-electron chi connectivity index (χ0n) is 16.5. The molecule has 0 unspecified atom stereocenters. The van der Waals surface area contributed by atoms with Gasteiger partial charge in [0.2, 0.25) is 0 Å². The van der Waals surface area contributed by atoms with Gasteiger partial charge in [-0.05, 0) is 54.7 Å². The lowest BCUT2D eigenvalue weighted by Crippen LogP contribution is -2.19. The highest BCUT2D eigenvalue weighted by atomic mass is 16.5. The van der Waals surface area contributed by atoms with E-state index in [2.05, 4.69) is 20.8 Å². The van der Waals surface area contributed by atoms with Gasteiger partial charge in [-0.1, -0.05) is 38.1 Å². The van der Waals surface area contributed by atoms with Crippen LogP contribution < -0.4 is 10.6 Å². The Morgan fingerprint density at radius 1 is 0.964 bits per heavy atom. The van der Waals surface area contributed by atoms with Crippen molar-refractivity contribution < 1.29 is 9.32 Å². The molecular formula is C22H26N4O2. The summed E-state index contributed by atoms with van der Waals surface area (Å²) in [5.41, 5.74) is 3.12. The van der Waals surface area contributed by atoms with Crippen LogP contribution in [0.2, 0.25) is 0 Å². The number of hydrogen-bond acceptors (Lipinski definition) is 4. The van der Waals surface area contributed by atoms with Crippen LogP contribution >= 0.6 is 0 Å². The zero-order chi connectivity index (χ0) is 20.0. The second kappa shape index (κ2) is 8.69. The number of amides is 2. The van der Waals surface area contributed by atoms with Crippen molar-refractivity contribution in [1.29, 1.82) is 0 Å². The fourth-order valence-corrected chi connectivity index (χ4v) is 2.77. The molecule has 28 heavy (non-hydrogen) atoms. The summed E-state index contributed by atoms with van der Waals surface area (Å²) in [6, 6.07) is 13.4. The number of anilines is 2. The standard InChI is InChI=1S/C22H26N4O2/c1-22(2,3)19-15-20(26-28-19)25-21(27)24-18-9-7-16(8-10-18)5-4-6-17-11-13-23-14-12-17/h7-15H,4-6H2,1-3H3,(H2,24,25,26,27). The highest BCUT2D eigenvalue weighted by Crippen LogP contribution is 2.24. The van der Waals surface area contributed by atoms with E-state index in [1.807, 2.05) is 69.6 Å². The lowest BCUT2D eigenvalue weighted by Gasteiger charge is -2.12. The number of urea groups is 1. The van der Waals surface area contributed by atoms with Gasteiger partial charge in [-0.2, -0.15) is 0 Å². The van der Waals surface area contributed by atoms with E-state index in [1.165, 1.54) is 11.1 Å². The molecule has 2 aromatic heterocycles. The Morgan fingerprint density at radius 3 is 2.21 bits per heavy atom. The molecule has 0 fully saturated rings. The van der Waals surface area contributed by atoms with Gasteiger partial charge in [0.15, 0.2) is 5.82 Å². The summed E-state index contributed by atoms with van der Waals surface area (Å²) in [5, 5.41) is 9.39. The minimum absolute atomic E-state index is 0.156. The van der Waals surface area contributed by atoms with Gasteiger partial charge in [-0.25, -0.2) is 4.79 Å². The van der Waals surface area contributed by atoms with Crippen LogP contribution in [0.4, 0.5) is 16.3 Å². The molecule has 2 N–H and O–H groups in total. The zero-order valence-corrected chi connectivity index (χ0v) is 16.5. The summed E-state index contributed by atoms with van der Waals surface area (Å²) in [6.45, 7) is 6.07. The van der Waals surface area contributed by atoms with Crippen LogP contribution in [0.3, 0.4) is 0 Å². The van der Waals surface area contributed by atoms with Crippen molar-refractivity contribution in [3.63, 3.8) is 0 Å². The third-order valence-corrected chi connectivity index (χ3v) is 4.38. The minimum Gasteiger partial charge on any atom is -0.359 e. The number of nitrogens with one attached hydrogen (secondary N) is 2. The molecule has 3 aromatic rings. The lowest BCUT2D eigenvalue weighted by atomic mass is 9.93. The molecule has 0 saturated heterocycles. The lowest BCUT2D eigenvalue weighted by molar-refractivity contribution is 0.262. The first-order valence-electron chi connectivity index (χ1n) is 9.43. The van der Waals surface area contributed by atoms with Crippen LogP contribution in [0, 0.1) is 0 Å². The Hall–Kier alpha value is -3.15. The van der Waals surface area contributed by atoms with E-state index in [0.29, 0.717) is 5.82 Å². The number of benzene rings is 1. The first kappa shape index (κ1) is 19.6. The number of carbonyl (C=O) groups excluding carboxylic acids is 1. The quantitative estimate of drug-likeness (QED) is 0.619. The van der Waals surface area contributed by atoms with Crippen LogP contribution in [-0.2, 0) is 18.3 Å². The van der Waals surface area contributed by atoms with Crippen LogP contribution in [0.15, 0.2) is 59.4 Å². The SMILES string of the molecule is CC(C)(C)c1cc(NC(=O)Nc2ccc(CCCc3ccncc3)cc2)no1. The van der Waals surface area contributed by atoms with Crippen molar-refractivity contribution in [1.82, 2.24) is 10.1 Å². The Labute approximate surface area is 165 Å². The van der Waals surface area contributed by atoms with Gasteiger partial charge in [0.25, 0.3) is 0 Å². The van der Waals surface area contributed by atoms with Crippen LogP contribution in [-0.4, -0.2) is 16.2 Å². The highest BCUT2D eigenvalue weighted by Gasteiger charge is 2.20. The van der Waals surface area contributed by atoms with E-state index in [4.69, 9.17) is 4.52 Å². The van der Waals surface area contributed by atoms with Crippen molar-refractivity contribution in [2.45, 2.75) is 45.4 Å². The molecule has 146 valence electrons. The second-order valence-corrected chi connectivity index (χ2v) is 7.81. The predicted octanol–water partition coefficient (Wildman–Crippen LogP) is 5.19. The van der Waals surface area contributed by atoms with Crippen molar-refractivity contribution in [3.05, 3.63) is 71.7 Å². The molecule has 2 amide bonds. The molecule has 6 nitrogen and oxygen atoms in total. The molecule has 0 saturated carbocycles. The van der Waals surface area contributed by atoms with E-state index >= 15 is 0 Å². The van der Waals surface area contributed by atoms with E-state index in [1.54, 1.807) is 6.07 Å². The Morgan fingerprint density at radius 2 is 1.61 bits per heavy atom. The average molecular weight is 378 g/mol. The normalized spacial score (nSPS) is 11.2. The van der Waals surface area contributed by atoms with Gasteiger partial charge >= 0.3 is 6.03 Å². The number of pyridine rings is 1. The molecular weight excluding hydrogens is 352 g/mol. The van der Waals surface area contributed by atoms with Gasteiger partial charge in [-0.15, -0.1) is 0 Å². The highest BCUT2D eigenvalue weighted by molar-refractivity contribution is 5.99. The number of rotatable bonds is 6. The van der Waals surface area contributed by atoms with E-state index in [-0.39, 0.29) is 11.4 Å². The van der Waals surface area contributed by atoms with Crippen molar-refractivity contribution in [3.8, 4) is 0 Å². The molecule has 0 atom stereocenters. The van der Waals surface area contributed by atoms with E-state index < -0.39 is 0 Å². The third kappa shape index (κ3) is 5.67. The average Bonchev–Trinajstić information content (AvgIpc) is 3.13. The number of aryl methyl sites for hydroxylation is 2. The van der Waals surface area contributed by atoms with E-state index in [0.717, 1.165) is 30.7 Å². The molecule has 2 heterocycles. The summed E-state index contributed by atoms with van der Waals surface area (Å²) < 4.78 is 5.27. The number of nitrogens with zero attached hydrogens (tertiary/aromatic N) is 2. The smallest absolute Gasteiger partial charge is 0.324 e. The third-order valence-electron chi connectivity index (χ3n) is 4.38. The molecule has 0 bridgehead atoms. The van der Waals surface area contributed by atoms with Crippen molar-refractivity contribution in [2.24, 2.45) is 0 Å². The number of carbonyl (C=O) groups is 1. The van der Waals surface area contributed by atoms with Crippen LogP contribution in [0.5, 0.6) is 0 Å². The fourth-order valence-electron chi connectivity index (χ4n) is 2.77. The Balaban J connectivity index is 1.47. The molecule has 0 aliphatic rings. The monoisotopic (exact) mass is 378 g/mol. The van der Waals surface area contributed by atoms with Crippen LogP contribution in [0.25, 0.3) is 0 Å². The summed E-state index contributed by atoms with van der Waals surface area (Å²) >= 11 is 0. The molecule has 0 radical (unpaired) electrons. The maximum atomic E-state index is 12.1. The van der Waals surface area contributed by atoms with E-state index in [9.17, 15) is 4.79 Å².